The van der Waals surface area contributed by atoms with Gasteiger partial charge in [0.15, 0.2) is 11.6 Å². The highest BCUT2D eigenvalue weighted by Crippen LogP contribution is 2.26. The molecule has 1 aromatic carbocycles. The van der Waals surface area contributed by atoms with Crippen LogP contribution in [0.1, 0.15) is 18.4 Å². The first-order valence-electron chi connectivity index (χ1n) is 5.52. The summed E-state index contributed by atoms with van der Waals surface area (Å²) in [5.74, 6) is -0.354. The third-order valence-electron chi connectivity index (χ3n) is 3.03. The minimum absolute atomic E-state index is 0.144. The molecule has 4 heteroatoms. The van der Waals surface area contributed by atoms with Crippen LogP contribution >= 0.6 is 0 Å². The summed E-state index contributed by atoms with van der Waals surface area (Å²) >= 11 is 0. The zero-order valence-electron chi connectivity index (χ0n) is 8.99. The second-order valence-electron chi connectivity index (χ2n) is 4.37. The standard InChI is InChI=1S/C12H16FNO2/c13-11-3-1-2-9(12(11)16)7-14-6-8-4-10(15)5-8/h1-3,8,10,14-16H,4-7H2. The number of halogens is 1. The summed E-state index contributed by atoms with van der Waals surface area (Å²) in [4.78, 5) is 0. The summed E-state index contributed by atoms with van der Waals surface area (Å²) in [7, 11) is 0. The third kappa shape index (κ3) is 2.51. The number of benzene rings is 1. The van der Waals surface area contributed by atoms with Crippen LogP contribution in [0.15, 0.2) is 18.2 Å². The molecule has 0 aromatic heterocycles. The van der Waals surface area contributed by atoms with Crippen molar-refractivity contribution in [1.29, 1.82) is 0 Å². The minimum Gasteiger partial charge on any atom is -0.505 e. The van der Waals surface area contributed by atoms with Gasteiger partial charge in [-0.2, -0.15) is 0 Å². The first-order chi connectivity index (χ1) is 7.66. The molecule has 0 spiro atoms. The molecule has 1 aromatic rings. The van der Waals surface area contributed by atoms with E-state index >= 15 is 0 Å². The highest BCUT2D eigenvalue weighted by molar-refractivity contribution is 5.33. The van der Waals surface area contributed by atoms with Crippen molar-refractivity contribution >= 4 is 0 Å². The van der Waals surface area contributed by atoms with Crippen molar-refractivity contribution in [3.05, 3.63) is 29.6 Å². The van der Waals surface area contributed by atoms with E-state index in [2.05, 4.69) is 5.32 Å². The van der Waals surface area contributed by atoms with Gasteiger partial charge in [0, 0.05) is 12.1 Å². The predicted octanol–water partition coefficient (Wildman–Crippen LogP) is 1.39. The predicted molar refractivity (Wildman–Crippen MR) is 58.5 cm³/mol. The Balaban J connectivity index is 1.79. The number of hydrogen-bond acceptors (Lipinski definition) is 3. The maximum Gasteiger partial charge on any atom is 0.165 e. The molecule has 3 nitrogen and oxygen atoms in total. The first-order valence-corrected chi connectivity index (χ1v) is 5.52. The van der Waals surface area contributed by atoms with E-state index < -0.39 is 5.82 Å². The van der Waals surface area contributed by atoms with Gasteiger partial charge in [0.25, 0.3) is 0 Å². The van der Waals surface area contributed by atoms with Crippen LogP contribution in [0.5, 0.6) is 5.75 Å². The van der Waals surface area contributed by atoms with E-state index in [1.807, 2.05) is 0 Å². The molecule has 0 aliphatic heterocycles. The molecule has 1 fully saturated rings. The van der Waals surface area contributed by atoms with Crippen LogP contribution in [0, 0.1) is 11.7 Å². The maximum absolute atomic E-state index is 13.0. The Morgan fingerprint density at radius 2 is 2.12 bits per heavy atom. The lowest BCUT2D eigenvalue weighted by atomic mass is 9.82. The molecule has 2 rings (SSSR count). The summed E-state index contributed by atoms with van der Waals surface area (Å²) < 4.78 is 13.0. The van der Waals surface area contributed by atoms with Gasteiger partial charge in [0.1, 0.15) is 0 Å². The normalized spacial score (nSPS) is 24.1. The van der Waals surface area contributed by atoms with E-state index in [-0.39, 0.29) is 11.9 Å². The van der Waals surface area contributed by atoms with Crippen molar-refractivity contribution in [3.63, 3.8) is 0 Å². The zero-order chi connectivity index (χ0) is 11.5. The number of aliphatic hydroxyl groups excluding tert-OH is 1. The maximum atomic E-state index is 13.0. The second kappa shape index (κ2) is 4.80. The Morgan fingerprint density at radius 1 is 1.38 bits per heavy atom. The summed E-state index contributed by atoms with van der Waals surface area (Å²) in [6.07, 6.45) is 1.53. The zero-order valence-corrected chi connectivity index (χ0v) is 8.99. The molecule has 1 aliphatic rings. The van der Waals surface area contributed by atoms with E-state index in [1.54, 1.807) is 12.1 Å². The van der Waals surface area contributed by atoms with Gasteiger partial charge < -0.3 is 15.5 Å². The van der Waals surface area contributed by atoms with E-state index in [1.165, 1.54) is 6.07 Å². The number of nitrogens with one attached hydrogen (secondary N) is 1. The van der Waals surface area contributed by atoms with Gasteiger partial charge in [0.2, 0.25) is 0 Å². The number of aliphatic hydroxyl groups is 1. The van der Waals surface area contributed by atoms with Crippen LogP contribution in [0.3, 0.4) is 0 Å². The van der Waals surface area contributed by atoms with Gasteiger partial charge in [-0.05, 0) is 31.4 Å². The van der Waals surface area contributed by atoms with Gasteiger partial charge >= 0.3 is 0 Å². The van der Waals surface area contributed by atoms with Gasteiger partial charge in [0.05, 0.1) is 6.10 Å². The molecule has 0 unspecified atom stereocenters. The third-order valence-corrected chi connectivity index (χ3v) is 3.03. The Kier molecular flexibility index (Phi) is 3.41. The highest BCUT2D eigenvalue weighted by atomic mass is 19.1. The second-order valence-corrected chi connectivity index (χ2v) is 4.37. The number of hydrogen-bond donors (Lipinski definition) is 3. The van der Waals surface area contributed by atoms with Crippen LogP contribution in [0.4, 0.5) is 4.39 Å². The molecule has 3 N–H and O–H groups in total. The summed E-state index contributed by atoms with van der Waals surface area (Å²) in [5.41, 5.74) is 0.569. The van der Waals surface area contributed by atoms with Crippen LogP contribution in [-0.4, -0.2) is 22.9 Å². The fraction of sp³-hybridized carbons (Fsp3) is 0.500. The Bertz CT molecular complexity index is 364. The SMILES string of the molecule is Oc1c(F)cccc1CNCC1CC(O)C1. The average molecular weight is 225 g/mol. The van der Waals surface area contributed by atoms with E-state index in [0.29, 0.717) is 18.0 Å². The van der Waals surface area contributed by atoms with Gasteiger partial charge in [-0.1, -0.05) is 12.1 Å². The molecular weight excluding hydrogens is 209 g/mol. The van der Waals surface area contributed by atoms with Gasteiger partial charge in [-0.15, -0.1) is 0 Å². The number of para-hydroxylation sites is 1. The van der Waals surface area contributed by atoms with E-state index in [4.69, 9.17) is 5.11 Å². The molecule has 0 amide bonds. The van der Waals surface area contributed by atoms with Crippen molar-refractivity contribution in [3.8, 4) is 5.75 Å². The largest absolute Gasteiger partial charge is 0.505 e. The van der Waals surface area contributed by atoms with Crippen LogP contribution in [0.25, 0.3) is 0 Å². The number of rotatable bonds is 4. The molecule has 0 bridgehead atoms. The quantitative estimate of drug-likeness (QED) is 0.726. The van der Waals surface area contributed by atoms with Crippen molar-refractivity contribution in [1.82, 2.24) is 5.32 Å². The average Bonchev–Trinajstić information content (AvgIpc) is 2.21. The Hall–Kier alpha value is -1.13. The van der Waals surface area contributed by atoms with Crippen LogP contribution in [0.2, 0.25) is 0 Å². The molecular formula is C12H16FNO2. The first kappa shape index (κ1) is 11.4. The monoisotopic (exact) mass is 225 g/mol. The lowest BCUT2D eigenvalue weighted by Gasteiger charge is -2.31. The summed E-state index contributed by atoms with van der Waals surface area (Å²) in [6.45, 7) is 1.25. The number of phenolic OH excluding ortho intramolecular Hbond substituents is 1. The van der Waals surface area contributed by atoms with E-state index in [0.717, 1.165) is 19.4 Å². The number of aromatic hydroxyl groups is 1. The minimum atomic E-state index is -0.585. The number of phenols is 1. The molecule has 1 aliphatic carbocycles. The molecule has 0 atom stereocenters. The smallest absolute Gasteiger partial charge is 0.165 e. The molecule has 16 heavy (non-hydrogen) atoms. The fourth-order valence-electron chi connectivity index (χ4n) is 1.98. The van der Waals surface area contributed by atoms with Gasteiger partial charge in [-0.25, -0.2) is 4.39 Å². The Labute approximate surface area is 93.9 Å². The van der Waals surface area contributed by atoms with Crippen LogP contribution < -0.4 is 5.32 Å². The molecule has 1 saturated carbocycles. The van der Waals surface area contributed by atoms with Crippen molar-refractivity contribution in [2.75, 3.05) is 6.54 Å². The van der Waals surface area contributed by atoms with Crippen molar-refractivity contribution in [2.24, 2.45) is 5.92 Å². The topological polar surface area (TPSA) is 52.5 Å². The molecule has 0 radical (unpaired) electrons. The van der Waals surface area contributed by atoms with Crippen LogP contribution in [-0.2, 0) is 6.54 Å². The Morgan fingerprint density at radius 3 is 2.81 bits per heavy atom. The molecule has 88 valence electrons. The van der Waals surface area contributed by atoms with Gasteiger partial charge in [-0.3, -0.25) is 0 Å². The van der Waals surface area contributed by atoms with Crippen molar-refractivity contribution < 1.29 is 14.6 Å². The fourth-order valence-corrected chi connectivity index (χ4v) is 1.98. The summed E-state index contributed by atoms with van der Waals surface area (Å²) in [6, 6.07) is 4.52. The lowest BCUT2D eigenvalue weighted by molar-refractivity contribution is 0.0429. The highest BCUT2D eigenvalue weighted by Gasteiger charge is 2.26. The summed E-state index contributed by atoms with van der Waals surface area (Å²) in [5, 5.41) is 21.7. The molecule has 0 heterocycles. The lowest BCUT2D eigenvalue weighted by Crippen LogP contribution is -2.35. The molecule has 0 saturated heterocycles. The van der Waals surface area contributed by atoms with E-state index in [9.17, 15) is 9.50 Å². The van der Waals surface area contributed by atoms with Crippen molar-refractivity contribution in [2.45, 2.75) is 25.5 Å².